The summed E-state index contributed by atoms with van der Waals surface area (Å²) >= 11 is 0. The van der Waals surface area contributed by atoms with Gasteiger partial charge in [-0.1, -0.05) is 0 Å². The molecule has 1 aliphatic rings. The van der Waals surface area contributed by atoms with Gasteiger partial charge in [0.25, 0.3) is 21.6 Å². The lowest BCUT2D eigenvalue weighted by atomic mass is 9.91. The maximum absolute atomic E-state index is 11.2. The Hall–Kier alpha value is -3.10. The summed E-state index contributed by atoms with van der Waals surface area (Å²) < 4.78 is 31.1. The number of carbonyl (C=O) groups excluding carboxylic acids is 1. The number of nitrogens with two attached hydrogens (primary N) is 1. The Labute approximate surface area is 136 Å². The van der Waals surface area contributed by atoms with Gasteiger partial charge in [0.1, 0.15) is 11.0 Å². The van der Waals surface area contributed by atoms with Gasteiger partial charge in [-0.05, 0) is 30.7 Å². The van der Waals surface area contributed by atoms with E-state index in [1.54, 1.807) is 6.07 Å². The van der Waals surface area contributed by atoms with E-state index in [2.05, 4.69) is 15.2 Å². The van der Waals surface area contributed by atoms with Crippen molar-refractivity contribution in [3.05, 3.63) is 29.8 Å². The van der Waals surface area contributed by atoms with Crippen LogP contribution >= 0.6 is 0 Å². The van der Waals surface area contributed by atoms with Crippen LogP contribution in [-0.2, 0) is 14.9 Å². The van der Waals surface area contributed by atoms with E-state index >= 15 is 0 Å². The molecule has 24 heavy (non-hydrogen) atoms. The van der Waals surface area contributed by atoms with Crippen molar-refractivity contribution < 1.29 is 22.9 Å². The van der Waals surface area contributed by atoms with Gasteiger partial charge < -0.3 is 10.8 Å². The van der Waals surface area contributed by atoms with Gasteiger partial charge >= 0.3 is 0 Å². The van der Waals surface area contributed by atoms with Crippen LogP contribution in [0.1, 0.15) is 6.92 Å². The standard InChI is InChI=1S/C13H11N5O5S/c1-7-4-11(19)16-12(20)13(7,6-14)18-17-8-2-3-10(9(15)5-8)24(21,22)23/h2-5H,15H2,1H3,(H,16,19,20)(H,21,22,23). The highest BCUT2D eigenvalue weighted by Gasteiger charge is 2.42. The van der Waals surface area contributed by atoms with Crippen molar-refractivity contribution in [1.82, 2.24) is 0 Å². The molecule has 1 aromatic rings. The molecule has 0 fully saturated rings. The minimum absolute atomic E-state index is 0.0621. The van der Waals surface area contributed by atoms with Gasteiger partial charge in [-0.3, -0.25) is 9.35 Å². The first-order valence-corrected chi connectivity index (χ1v) is 7.76. The van der Waals surface area contributed by atoms with Crippen LogP contribution in [0, 0.1) is 11.3 Å². The number of nitrogens with zero attached hydrogens (tertiary/aromatic N) is 4. The first kappa shape index (κ1) is 17.3. The molecule has 1 aromatic carbocycles. The lowest BCUT2D eigenvalue weighted by Crippen LogP contribution is -2.39. The second-order valence-corrected chi connectivity index (χ2v) is 6.21. The monoisotopic (exact) mass is 349 g/mol. The molecule has 11 heteroatoms. The fourth-order valence-electron chi connectivity index (χ4n) is 1.93. The summed E-state index contributed by atoms with van der Waals surface area (Å²) in [5.41, 5.74) is 3.47. The van der Waals surface area contributed by atoms with Crippen LogP contribution in [-0.4, -0.2) is 35.4 Å². The number of nitrogen functional groups attached to an aromatic ring is 1. The Balaban J connectivity index is 2.45. The number of nitriles is 1. The lowest BCUT2D eigenvalue weighted by molar-refractivity contribution is -0.113. The highest BCUT2D eigenvalue weighted by Crippen LogP contribution is 2.29. The van der Waals surface area contributed by atoms with Crippen molar-refractivity contribution in [2.45, 2.75) is 17.4 Å². The highest BCUT2D eigenvalue weighted by molar-refractivity contribution is 7.86. The Bertz CT molecular complexity index is 933. The number of benzene rings is 1. The summed E-state index contributed by atoms with van der Waals surface area (Å²) in [4.78, 5) is 14.0. The largest absolute Gasteiger partial charge is 0.493 e. The van der Waals surface area contributed by atoms with Gasteiger partial charge in [0, 0.05) is 6.08 Å². The van der Waals surface area contributed by atoms with E-state index in [1.165, 1.54) is 13.0 Å². The number of aliphatic hydroxyl groups excluding tert-OH is 1. The molecule has 10 nitrogen and oxygen atoms in total. The third-order valence-corrected chi connectivity index (χ3v) is 4.13. The molecule has 2 rings (SSSR count). The number of anilines is 1. The molecule has 0 saturated carbocycles. The quantitative estimate of drug-likeness (QED) is 0.418. The van der Waals surface area contributed by atoms with Crippen molar-refractivity contribution in [2.75, 3.05) is 5.73 Å². The highest BCUT2D eigenvalue weighted by atomic mass is 32.2. The van der Waals surface area contributed by atoms with E-state index in [1.807, 2.05) is 0 Å². The zero-order valence-electron chi connectivity index (χ0n) is 12.2. The number of hydrogen-bond acceptors (Lipinski definition) is 7. The molecule has 1 unspecified atom stereocenters. The van der Waals surface area contributed by atoms with E-state index in [4.69, 9.17) is 10.3 Å². The van der Waals surface area contributed by atoms with E-state index < -0.39 is 32.4 Å². The van der Waals surface area contributed by atoms with E-state index in [0.29, 0.717) is 0 Å². The third-order valence-electron chi connectivity index (χ3n) is 3.20. The molecule has 0 aromatic heterocycles. The number of aliphatic imine (C=N–C) groups is 1. The normalized spacial score (nSPS) is 21.3. The Morgan fingerprint density at radius 1 is 1.42 bits per heavy atom. The van der Waals surface area contributed by atoms with Crippen LogP contribution in [0.15, 0.2) is 50.0 Å². The van der Waals surface area contributed by atoms with Crippen molar-refractivity contribution in [2.24, 2.45) is 15.2 Å². The number of rotatable bonds is 3. The average molecular weight is 349 g/mol. The number of hydrogen-bond donors (Lipinski definition) is 3. The number of carbonyl (C=O) groups is 1. The maximum Gasteiger partial charge on any atom is 0.296 e. The molecule has 0 saturated heterocycles. The van der Waals surface area contributed by atoms with Crippen LogP contribution in [0.2, 0.25) is 0 Å². The summed E-state index contributed by atoms with van der Waals surface area (Å²) in [6.07, 6.45) is 1.04. The number of dihydropyridines is 1. The van der Waals surface area contributed by atoms with Gasteiger partial charge in [0.05, 0.1) is 11.4 Å². The van der Waals surface area contributed by atoms with E-state index in [-0.39, 0.29) is 16.9 Å². The molecule has 1 amide bonds. The minimum Gasteiger partial charge on any atom is -0.493 e. The summed E-state index contributed by atoms with van der Waals surface area (Å²) in [5.74, 6) is -1.55. The number of azo groups is 1. The van der Waals surface area contributed by atoms with E-state index in [9.17, 15) is 23.6 Å². The fourth-order valence-corrected chi connectivity index (χ4v) is 2.53. The second kappa shape index (κ2) is 5.84. The van der Waals surface area contributed by atoms with Crippen molar-refractivity contribution in [1.29, 1.82) is 5.26 Å². The van der Waals surface area contributed by atoms with Crippen LogP contribution in [0.25, 0.3) is 0 Å². The van der Waals surface area contributed by atoms with Crippen molar-refractivity contribution in [3.63, 3.8) is 0 Å². The summed E-state index contributed by atoms with van der Waals surface area (Å²) in [7, 11) is -4.48. The van der Waals surface area contributed by atoms with Gasteiger partial charge in [0.15, 0.2) is 0 Å². The smallest absolute Gasteiger partial charge is 0.296 e. The minimum atomic E-state index is -4.48. The molecule has 0 radical (unpaired) electrons. The van der Waals surface area contributed by atoms with Gasteiger partial charge in [-0.15, -0.1) is 0 Å². The lowest BCUT2D eigenvalue weighted by Gasteiger charge is -2.21. The third kappa shape index (κ3) is 3.00. The zero-order valence-corrected chi connectivity index (χ0v) is 13.0. The summed E-state index contributed by atoms with van der Waals surface area (Å²) in [5, 5.41) is 26.6. The molecule has 4 N–H and O–H groups in total. The molecule has 124 valence electrons. The van der Waals surface area contributed by atoms with Gasteiger partial charge in [-0.2, -0.15) is 28.9 Å². The average Bonchev–Trinajstić information content (AvgIpc) is 2.45. The van der Waals surface area contributed by atoms with Crippen LogP contribution in [0.5, 0.6) is 0 Å². The number of aliphatic hydroxyl groups is 1. The predicted octanol–water partition coefficient (Wildman–Crippen LogP) is 1.30. The van der Waals surface area contributed by atoms with Gasteiger partial charge in [-0.25, -0.2) is 0 Å². The molecule has 1 aliphatic heterocycles. The topological polar surface area (TPSA) is 179 Å². The van der Waals surface area contributed by atoms with Crippen LogP contribution in [0.4, 0.5) is 11.4 Å². The van der Waals surface area contributed by atoms with Crippen LogP contribution in [0.3, 0.4) is 0 Å². The molecular formula is C13H11N5O5S. The maximum atomic E-state index is 11.2. The van der Waals surface area contributed by atoms with Crippen LogP contribution < -0.4 is 5.73 Å². The molecule has 0 aliphatic carbocycles. The van der Waals surface area contributed by atoms with Gasteiger partial charge in [0.2, 0.25) is 5.90 Å². The van der Waals surface area contributed by atoms with Crippen molar-refractivity contribution >= 4 is 33.3 Å². The predicted molar refractivity (Wildman–Crippen MR) is 82.4 cm³/mol. The fraction of sp³-hybridized carbons (Fsp3) is 0.154. The molecule has 0 spiro atoms. The molecule has 1 atom stereocenters. The van der Waals surface area contributed by atoms with E-state index in [0.717, 1.165) is 18.2 Å². The van der Waals surface area contributed by atoms with Crippen molar-refractivity contribution in [3.8, 4) is 6.07 Å². The summed E-state index contributed by atoms with van der Waals surface area (Å²) in [6, 6.07) is 5.04. The second-order valence-electron chi connectivity index (χ2n) is 4.82. The first-order chi connectivity index (χ1) is 11.1. The molecular weight excluding hydrogens is 338 g/mol. The Morgan fingerprint density at radius 3 is 2.58 bits per heavy atom. The first-order valence-electron chi connectivity index (χ1n) is 6.32. The molecule has 0 bridgehead atoms. The Morgan fingerprint density at radius 2 is 2.08 bits per heavy atom. The Kier molecular flexibility index (Phi) is 4.20. The summed E-state index contributed by atoms with van der Waals surface area (Å²) in [6.45, 7) is 1.40. The SMILES string of the molecule is CC1=CC(=O)N=C(O)C1(C#N)N=Nc1ccc(S(=O)(=O)O)c(N)c1. The number of amides is 1. The zero-order chi connectivity index (χ0) is 18.1. The molecule has 1 heterocycles.